The van der Waals surface area contributed by atoms with Crippen LogP contribution in [0, 0.1) is 10.8 Å². The van der Waals surface area contributed by atoms with E-state index in [2.05, 4.69) is 15.8 Å². The van der Waals surface area contributed by atoms with Crippen LogP contribution in [0.2, 0.25) is 0 Å². The Hall–Kier alpha value is -2.53. The molecule has 2 aliphatic rings. The highest BCUT2D eigenvalue weighted by atomic mass is 19.4. The van der Waals surface area contributed by atoms with Crippen molar-refractivity contribution in [2.24, 2.45) is 11.1 Å². The number of benzene rings is 1. The highest BCUT2D eigenvalue weighted by Gasteiger charge is 2.41. The van der Waals surface area contributed by atoms with Gasteiger partial charge >= 0.3 is 6.18 Å². The van der Waals surface area contributed by atoms with E-state index in [1.54, 1.807) is 4.90 Å². The van der Waals surface area contributed by atoms with E-state index in [-0.39, 0.29) is 67.8 Å². The summed E-state index contributed by atoms with van der Waals surface area (Å²) in [6.45, 7) is -0.485. The summed E-state index contributed by atoms with van der Waals surface area (Å²) < 4.78 is 77.6. The molecule has 0 aromatic heterocycles. The second kappa shape index (κ2) is 9.95. The average molecular weight is 466 g/mol. The van der Waals surface area contributed by atoms with Crippen LogP contribution < -0.4 is 15.5 Å². The standard InChI is InChI=1S/C20H24F6N4O2/c21-12-5-6-30(10-12)17-8-15(27-9-18(22)23)16(29-32)7-14(17)19(31)28-13-3-1-11(2-4-13)20(24,25)26/h7-8,11-13,18,27H,1-6,9-10H2,(H,28,31)/t11?,12-,13?/m1/s1. The summed E-state index contributed by atoms with van der Waals surface area (Å²) in [5.41, 5.74) is -0.0406. The third-order valence-corrected chi connectivity index (χ3v) is 5.90. The van der Waals surface area contributed by atoms with Gasteiger partial charge in [-0.25, -0.2) is 13.2 Å². The first-order valence-corrected chi connectivity index (χ1v) is 10.4. The number of amides is 1. The van der Waals surface area contributed by atoms with Gasteiger partial charge in [0.15, 0.2) is 0 Å². The Kier molecular flexibility index (Phi) is 7.50. The number of rotatable bonds is 7. The molecule has 0 radical (unpaired) electrons. The molecule has 1 amide bonds. The second-order valence-corrected chi connectivity index (χ2v) is 8.15. The Bertz CT molecular complexity index is 827. The number of nitrogens with zero attached hydrogens (tertiary/aromatic N) is 2. The van der Waals surface area contributed by atoms with Crippen molar-refractivity contribution in [1.82, 2.24) is 5.32 Å². The SMILES string of the molecule is O=Nc1cc(C(=O)NC2CCC(C(F)(F)F)CC2)c(N2CC[C@@H](F)C2)cc1NCC(F)F. The van der Waals surface area contributed by atoms with Crippen molar-refractivity contribution in [2.45, 2.75) is 56.9 Å². The summed E-state index contributed by atoms with van der Waals surface area (Å²) in [5, 5.41) is 7.90. The number of alkyl halides is 6. The zero-order chi connectivity index (χ0) is 23.5. The molecule has 2 N–H and O–H groups in total. The van der Waals surface area contributed by atoms with Gasteiger partial charge in [-0.15, -0.1) is 4.91 Å². The van der Waals surface area contributed by atoms with Gasteiger partial charge in [0, 0.05) is 19.1 Å². The lowest BCUT2D eigenvalue weighted by atomic mass is 9.85. The summed E-state index contributed by atoms with van der Waals surface area (Å²) in [5.74, 6) is -2.04. The Morgan fingerprint density at radius 1 is 1.16 bits per heavy atom. The zero-order valence-electron chi connectivity index (χ0n) is 17.1. The fourth-order valence-corrected chi connectivity index (χ4v) is 4.19. The van der Waals surface area contributed by atoms with Crippen molar-refractivity contribution in [1.29, 1.82) is 0 Å². The fraction of sp³-hybridized carbons (Fsp3) is 0.650. The van der Waals surface area contributed by atoms with Gasteiger partial charge in [-0.05, 0) is 49.4 Å². The minimum Gasteiger partial charge on any atom is -0.377 e. The molecule has 0 bridgehead atoms. The van der Waals surface area contributed by atoms with Crippen molar-refractivity contribution < 1.29 is 31.1 Å². The third-order valence-electron chi connectivity index (χ3n) is 5.90. The third kappa shape index (κ3) is 5.83. The van der Waals surface area contributed by atoms with E-state index >= 15 is 0 Å². The first kappa shape index (κ1) is 24.1. The van der Waals surface area contributed by atoms with Crippen LogP contribution in [0.4, 0.5) is 43.4 Å². The molecule has 6 nitrogen and oxygen atoms in total. The molecule has 0 spiro atoms. The number of hydrogen-bond acceptors (Lipinski definition) is 5. The molecule has 12 heteroatoms. The van der Waals surface area contributed by atoms with E-state index in [4.69, 9.17) is 0 Å². The molecule has 178 valence electrons. The van der Waals surface area contributed by atoms with Gasteiger partial charge in [-0.2, -0.15) is 13.2 Å². The Balaban J connectivity index is 1.82. The minimum atomic E-state index is -4.27. The van der Waals surface area contributed by atoms with Gasteiger partial charge in [0.1, 0.15) is 11.9 Å². The number of halogens is 6. The molecular weight excluding hydrogens is 442 g/mol. The molecule has 32 heavy (non-hydrogen) atoms. The van der Waals surface area contributed by atoms with Crippen molar-refractivity contribution >= 4 is 23.0 Å². The smallest absolute Gasteiger partial charge is 0.377 e. The number of carbonyl (C=O) groups is 1. The largest absolute Gasteiger partial charge is 0.391 e. The molecule has 1 saturated heterocycles. The molecule has 1 heterocycles. The number of carbonyl (C=O) groups excluding carboxylic acids is 1. The molecule has 1 atom stereocenters. The first-order valence-electron chi connectivity index (χ1n) is 10.4. The summed E-state index contributed by atoms with van der Waals surface area (Å²) in [7, 11) is 0. The molecular formula is C20H24F6N4O2. The molecule has 1 aromatic carbocycles. The van der Waals surface area contributed by atoms with Crippen LogP contribution >= 0.6 is 0 Å². The lowest BCUT2D eigenvalue weighted by molar-refractivity contribution is -0.182. The van der Waals surface area contributed by atoms with Crippen LogP contribution in [-0.2, 0) is 0 Å². The van der Waals surface area contributed by atoms with Crippen LogP contribution in [0.3, 0.4) is 0 Å². The van der Waals surface area contributed by atoms with Crippen molar-refractivity contribution in [3.63, 3.8) is 0 Å². The maximum atomic E-state index is 13.8. The normalized spacial score (nSPS) is 24.0. The highest BCUT2D eigenvalue weighted by Crippen LogP contribution is 2.39. The van der Waals surface area contributed by atoms with Gasteiger partial charge in [0.2, 0.25) is 0 Å². The molecule has 3 rings (SSSR count). The van der Waals surface area contributed by atoms with E-state index < -0.39 is 43.2 Å². The lowest BCUT2D eigenvalue weighted by Gasteiger charge is -2.31. The molecule has 1 aliphatic heterocycles. The molecule has 1 aromatic rings. The number of nitrogens with one attached hydrogen (secondary N) is 2. The quantitative estimate of drug-likeness (QED) is 0.430. The molecule has 1 saturated carbocycles. The predicted molar refractivity (Wildman–Crippen MR) is 107 cm³/mol. The second-order valence-electron chi connectivity index (χ2n) is 8.15. The topological polar surface area (TPSA) is 73.8 Å². The molecule has 2 fully saturated rings. The van der Waals surface area contributed by atoms with Crippen LogP contribution in [0.25, 0.3) is 0 Å². The predicted octanol–water partition coefficient (Wildman–Crippen LogP) is 5.16. The summed E-state index contributed by atoms with van der Waals surface area (Å²) in [6, 6.07) is 1.97. The highest BCUT2D eigenvalue weighted by molar-refractivity contribution is 6.02. The number of anilines is 2. The Morgan fingerprint density at radius 2 is 1.84 bits per heavy atom. The maximum absolute atomic E-state index is 13.8. The summed E-state index contributed by atoms with van der Waals surface area (Å²) >= 11 is 0. The monoisotopic (exact) mass is 466 g/mol. The molecule has 1 aliphatic carbocycles. The van der Waals surface area contributed by atoms with Crippen LogP contribution in [0.5, 0.6) is 0 Å². The van der Waals surface area contributed by atoms with Crippen LogP contribution in [0.1, 0.15) is 42.5 Å². The molecule has 0 unspecified atom stereocenters. The van der Waals surface area contributed by atoms with Crippen LogP contribution in [-0.4, -0.2) is 50.4 Å². The van der Waals surface area contributed by atoms with Gasteiger partial charge in [0.05, 0.1) is 29.4 Å². The zero-order valence-corrected chi connectivity index (χ0v) is 17.1. The first-order chi connectivity index (χ1) is 15.1. The average Bonchev–Trinajstić information content (AvgIpc) is 3.17. The van der Waals surface area contributed by atoms with Gasteiger partial charge in [0.25, 0.3) is 12.3 Å². The van der Waals surface area contributed by atoms with Gasteiger partial charge in [-0.3, -0.25) is 4.79 Å². The van der Waals surface area contributed by atoms with Gasteiger partial charge in [-0.1, -0.05) is 0 Å². The van der Waals surface area contributed by atoms with E-state index in [0.717, 1.165) is 6.07 Å². The van der Waals surface area contributed by atoms with Crippen molar-refractivity contribution in [3.05, 3.63) is 22.6 Å². The number of nitroso groups, excluding NO2 is 1. The maximum Gasteiger partial charge on any atom is 0.391 e. The minimum absolute atomic E-state index is 0.00533. The van der Waals surface area contributed by atoms with E-state index in [1.807, 2.05) is 0 Å². The summed E-state index contributed by atoms with van der Waals surface area (Å²) in [6.07, 6.45) is -7.80. The van der Waals surface area contributed by atoms with Crippen molar-refractivity contribution in [2.75, 3.05) is 29.9 Å². The van der Waals surface area contributed by atoms with E-state index in [1.165, 1.54) is 6.07 Å². The summed E-state index contributed by atoms with van der Waals surface area (Å²) in [4.78, 5) is 25.8. The number of hydrogen-bond donors (Lipinski definition) is 2. The Labute approximate surface area is 180 Å². The van der Waals surface area contributed by atoms with E-state index in [9.17, 15) is 36.0 Å². The Morgan fingerprint density at radius 3 is 2.38 bits per heavy atom. The van der Waals surface area contributed by atoms with Crippen molar-refractivity contribution in [3.8, 4) is 0 Å². The van der Waals surface area contributed by atoms with E-state index in [0.29, 0.717) is 0 Å². The van der Waals surface area contributed by atoms with Crippen LogP contribution in [0.15, 0.2) is 17.3 Å². The lowest BCUT2D eigenvalue weighted by Crippen LogP contribution is -2.40. The fourth-order valence-electron chi connectivity index (χ4n) is 4.19. The van der Waals surface area contributed by atoms with Gasteiger partial charge < -0.3 is 15.5 Å².